The van der Waals surface area contributed by atoms with E-state index in [-0.39, 0.29) is 11.3 Å². The van der Waals surface area contributed by atoms with Crippen LogP contribution in [0.5, 0.6) is 0 Å². The standard InChI is InChI=1S/C27H26N4O4S/c1-19-9-6-7-13-25(19)36(34,35)30-27(33)29-24(17-20-10-4-3-5-11-20)26(32)31(2)22-14-15-23-21(18-22)12-8-16-28-23/h3-16,18,24H,17H2,1-2H3,(H2,29,30,33)/t24-/m0/s1. The van der Waals surface area contributed by atoms with E-state index in [0.29, 0.717) is 11.3 Å². The van der Waals surface area contributed by atoms with Crippen molar-refractivity contribution >= 4 is 38.6 Å². The van der Waals surface area contributed by atoms with Gasteiger partial charge in [0.1, 0.15) is 6.04 Å². The normalized spacial score (nSPS) is 12.1. The lowest BCUT2D eigenvalue weighted by atomic mass is 10.0. The lowest BCUT2D eigenvalue weighted by molar-refractivity contribution is -0.120. The molecule has 1 aromatic heterocycles. The number of carbonyl (C=O) groups is 2. The van der Waals surface area contributed by atoms with Crippen LogP contribution in [0.4, 0.5) is 10.5 Å². The molecule has 0 aliphatic carbocycles. The van der Waals surface area contributed by atoms with Gasteiger partial charge in [0.25, 0.3) is 10.0 Å². The number of benzene rings is 3. The summed E-state index contributed by atoms with van der Waals surface area (Å²) in [6.45, 7) is 1.64. The zero-order valence-corrected chi connectivity index (χ0v) is 20.7. The quantitative estimate of drug-likeness (QED) is 0.400. The number of aryl methyl sites for hydroxylation is 1. The minimum Gasteiger partial charge on any atom is -0.325 e. The summed E-state index contributed by atoms with van der Waals surface area (Å²) in [5, 5.41) is 3.43. The Bertz CT molecular complexity index is 1510. The molecular weight excluding hydrogens is 476 g/mol. The van der Waals surface area contributed by atoms with Crippen molar-refractivity contribution in [3.63, 3.8) is 0 Å². The summed E-state index contributed by atoms with van der Waals surface area (Å²) in [5.41, 5.74) is 2.73. The largest absolute Gasteiger partial charge is 0.329 e. The number of urea groups is 1. The van der Waals surface area contributed by atoms with Crippen LogP contribution in [-0.4, -0.2) is 38.4 Å². The second-order valence-electron chi connectivity index (χ2n) is 8.36. The molecule has 3 amide bonds. The summed E-state index contributed by atoms with van der Waals surface area (Å²) < 4.78 is 27.6. The van der Waals surface area contributed by atoms with Gasteiger partial charge in [0, 0.05) is 30.7 Å². The molecule has 0 spiro atoms. The SMILES string of the molecule is Cc1ccccc1S(=O)(=O)NC(=O)N[C@@H](Cc1ccccc1)C(=O)N(C)c1ccc2ncccc2c1. The lowest BCUT2D eigenvalue weighted by Gasteiger charge is -2.25. The number of hydrogen-bond donors (Lipinski definition) is 2. The average Bonchev–Trinajstić information content (AvgIpc) is 2.87. The molecule has 0 radical (unpaired) electrons. The van der Waals surface area contributed by atoms with Gasteiger partial charge in [-0.05, 0) is 48.4 Å². The molecule has 1 heterocycles. The molecule has 36 heavy (non-hydrogen) atoms. The van der Waals surface area contributed by atoms with Crippen molar-refractivity contribution in [1.29, 1.82) is 0 Å². The highest BCUT2D eigenvalue weighted by Gasteiger charge is 2.28. The van der Waals surface area contributed by atoms with Crippen molar-refractivity contribution in [2.24, 2.45) is 0 Å². The zero-order chi connectivity index (χ0) is 25.7. The number of pyridine rings is 1. The third kappa shape index (κ3) is 5.69. The van der Waals surface area contributed by atoms with Crippen molar-refractivity contribution in [3.05, 3.63) is 102 Å². The Morgan fingerprint density at radius 1 is 0.944 bits per heavy atom. The van der Waals surface area contributed by atoms with Crippen LogP contribution in [0.1, 0.15) is 11.1 Å². The first-order chi connectivity index (χ1) is 17.2. The van der Waals surface area contributed by atoms with E-state index < -0.39 is 28.0 Å². The van der Waals surface area contributed by atoms with Crippen molar-refractivity contribution in [1.82, 2.24) is 15.0 Å². The number of rotatable bonds is 7. The van der Waals surface area contributed by atoms with Gasteiger partial charge in [-0.15, -0.1) is 0 Å². The van der Waals surface area contributed by atoms with Crippen LogP contribution in [0.25, 0.3) is 10.9 Å². The van der Waals surface area contributed by atoms with E-state index >= 15 is 0 Å². The molecule has 0 saturated carbocycles. The highest BCUT2D eigenvalue weighted by molar-refractivity contribution is 7.90. The number of aromatic nitrogens is 1. The van der Waals surface area contributed by atoms with Gasteiger partial charge >= 0.3 is 6.03 Å². The van der Waals surface area contributed by atoms with Crippen LogP contribution >= 0.6 is 0 Å². The van der Waals surface area contributed by atoms with Gasteiger partial charge in [-0.3, -0.25) is 9.78 Å². The van der Waals surface area contributed by atoms with Gasteiger partial charge in [-0.2, -0.15) is 0 Å². The summed E-state index contributed by atoms with van der Waals surface area (Å²) in [4.78, 5) is 32.1. The lowest BCUT2D eigenvalue weighted by Crippen LogP contribution is -2.52. The molecule has 1 atom stereocenters. The topological polar surface area (TPSA) is 108 Å². The van der Waals surface area contributed by atoms with E-state index in [1.165, 1.54) is 11.0 Å². The van der Waals surface area contributed by atoms with Crippen molar-refractivity contribution in [3.8, 4) is 0 Å². The molecule has 0 unspecified atom stereocenters. The predicted molar refractivity (Wildman–Crippen MR) is 139 cm³/mol. The molecule has 0 saturated heterocycles. The second kappa shape index (κ2) is 10.6. The smallest absolute Gasteiger partial charge is 0.325 e. The van der Waals surface area contributed by atoms with E-state index in [1.54, 1.807) is 44.4 Å². The molecule has 4 rings (SSSR count). The molecule has 8 nitrogen and oxygen atoms in total. The van der Waals surface area contributed by atoms with Gasteiger partial charge in [-0.25, -0.2) is 17.9 Å². The Morgan fingerprint density at radius 3 is 2.42 bits per heavy atom. The number of nitrogens with zero attached hydrogens (tertiary/aromatic N) is 2. The summed E-state index contributed by atoms with van der Waals surface area (Å²) >= 11 is 0. The van der Waals surface area contributed by atoms with Crippen LogP contribution in [0.3, 0.4) is 0 Å². The highest BCUT2D eigenvalue weighted by Crippen LogP contribution is 2.21. The number of likely N-dealkylation sites (N-methyl/N-ethyl adjacent to an activating group) is 1. The first-order valence-corrected chi connectivity index (χ1v) is 12.8. The number of amides is 3. The Hall–Kier alpha value is -4.24. The summed E-state index contributed by atoms with van der Waals surface area (Å²) in [5.74, 6) is -0.398. The molecule has 9 heteroatoms. The molecule has 0 aliphatic rings. The molecule has 4 aromatic rings. The average molecular weight is 503 g/mol. The van der Waals surface area contributed by atoms with Gasteiger partial charge in [0.2, 0.25) is 5.91 Å². The zero-order valence-electron chi connectivity index (χ0n) is 19.9. The van der Waals surface area contributed by atoms with Gasteiger partial charge in [0.15, 0.2) is 0 Å². The number of sulfonamides is 1. The van der Waals surface area contributed by atoms with Crippen molar-refractivity contribution in [2.45, 2.75) is 24.3 Å². The Labute approximate surface area is 210 Å². The van der Waals surface area contributed by atoms with E-state index in [2.05, 4.69) is 10.3 Å². The maximum Gasteiger partial charge on any atom is 0.329 e. The maximum atomic E-state index is 13.5. The molecule has 184 valence electrons. The number of hydrogen-bond acceptors (Lipinski definition) is 5. The van der Waals surface area contributed by atoms with Crippen molar-refractivity contribution in [2.75, 3.05) is 11.9 Å². The highest BCUT2D eigenvalue weighted by atomic mass is 32.2. The number of nitrogens with one attached hydrogen (secondary N) is 2. The van der Waals surface area contributed by atoms with E-state index in [0.717, 1.165) is 16.5 Å². The number of fused-ring (bicyclic) bond motifs is 1. The van der Waals surface area contributed by atoms with Crippen LogP contribution in [0.2, 0.25) is 0 Å². The predicted octanol–water partition coefficient (Wildman–Crippen LogP) is 3.81. The van der Waals surface area contributed by atoms with Gasteiger partial charge in [0.05, 0.1) is 10.4 Å². The van der Waals surface area contributed by atoms with E-state index in [4.69, 9.17) is 0 Å². The van der Waals surface area contributed by atoms with Crippen molar-refractivity contribution < 1.29 is 18.0 Å². The van der Waals surface area contributed by atoms with Gasteiger partial charge in [-0.1, -0.05) is 54.6 Å². The Morgan fingerprint density at radius 2 is 1.67 bits per heavy atom. The van der Waals surface area contributed by atoms with Crippen LogP contribution in [0.15, 0.2) is 96.0 Å². The third-order valence-electron chi connectivity index (χ3n) is 5.80. The molecule has 0 fully saturated rings. The van der Waals surface area contributed by atoms with Crippen LogP contribution in [-0.2, 0) is 21.2 Å². The first kappa shape index (κ1) is 24.9. The minimum atomic E-state index is -4.12. The van der Waals surface area contributed by atoms with E-state index in [9.17, 15) is 18.0 Å². The molecule has 2 N–H and O–H groups in total. The summed E-state index contributed by atoms with van der Waals surface area (Å²) in [6.07, 6.45) is 1.87. The summed E-state index contributed by atoms with van der Waals surface area (Å²) in [6, 6.07) is 22.7. The Kier molecular flexibility index (Phi) is 7.30. The summed E-state index contributed by atoms with van der Waals surface area (Å²) in [7, 11) is -2.51. The monoisotopic (exact) mass is 502 g/mol. The fraction of sp³-hybridized carbons (Fsp3) is 0.148. The fourth-order valence-electron chi connectivity index (χ4n) is 3.91. The van der Waals surface area contributed by atoms with E-state index in [1.807, 2.05) is 59.3 Å². The molecule has 0 aliphatic heterocycles. The molecule has 3 aromatic carbocycles. The number of carbonyl (C=O) groups excluding carboxylic acids is 2. The van der Waals surface area contributed by atoms with Crippen LogP contribution < -0.4 is 14.9 Å². The Balaban J connectivity index is 1.57. The molecular formula is C27H26N4O4S. The number of anilines is 1. The maximum absolute atomic E-state index is 13.5. The second-order valence-corrected chi connectivity index (χ2v) is 10.0. The van der Waals surface area contributed by atoms with Crippen LogP contribution in [0, 0.1) is 6.92 Å². The molecule has 0 bridgehead atoms. The minimum absolute atomic E-state index is 0.00650. The van der Waals surface area contributed by atoms with Gasteiger partial charge < -0.3 is 10.2 Å². The fourth-order valence-corrected chi connectivity index (χ4v) is 5.07. The first-order valence-electron chi connectivity index (χ1n) is 11.3. The third-order valence-corrected chi connectivity index (χ3v) is 7.29.